The lowest BCUT2D eigenvalue weighted by molar-refractivity contribution is -0.384. The van der Waals surface area contributed by atoms with Crippen molar-refractivity contribution in [1.29, 1.82) is 0 Å². The zero-order chi connectivity index (χ0) is 18.3. The highest BCUT2D eigenvalue weighted by atomic mass is 16.6. The molecular formula is C19H21N3O4. The minimum absolute atomic E-state index is 0.0236. The fourth-order valence-electron chi connectivity index (χ4n) is 4.31. The molecule has 136 valence electrons. The molecule has 0 spiro atoms. The number of rotatable bonds is 4. The third-order valence-corrected chi connectivity index (χ3v) is 5.48. The number of piperidine rings is 1. The summed E-state index contributed by atoms with van der Waals surface area (Å²) in [6.07, 6.45) is 0.390. The molecule has 0 amide bonds. The second-order valence-electron chi connectivity index (χ2n) is 7.28. The van der Waals surface area contributed by atoms with E-state index >= 15 is 0 Å². The molecule has 1 fully saturated rings. The van der Waals surface area contributed by atoms with Crippen molar-refractivity contribution in [3.05, 3.63) is 74.2 Å². The topological polar surface area (TPSA) is 88.6 Å². The SMILES string of the molecule is O=c1cccc2n1C[C@@H]1C[C@H]2CN(CC(O)c2ccc([N+](=O)[O-])cc2)C1. The first-order chi connectivity index (χ1) is 12.5. The molecule has 1 saturated heterocycles. The van der Waals surface area contributed by atoms with E-state index in [1.165, 1.54) is 12.1 Å². The molecular weight excluding hydrogens is 334 g/mol. The van der Waals surface area contributed by atoms with Crippen LogP contribution in [0.15, 0.2) is 47.3 Å². The van der Waals surface area contributed by atoms with Gasteiger partial charge in [0.2, 0.25) is 0 Å². The van der Waals surface area contributed by atoms with Gasteiger partial charge in [0.15, 0.2) is 0 Å². The molecule has 0 radical (unpaired) electrons. The average molecular weight is 355 g/mol. The van der Waals surface area contributed by atoms with Crippen molar-refractivity contribution in [3.63, 3.8) is 0 Å². The van der Waals surface area contributed by atoms with Crippen LogP contribution in [0.2, 0.25) is 0 Å². The van der Waals surface area contributed by atoms with E-state index in [-0.39, 0.29) is 11.2 Å². The van der Waals surface area contributed by atoms with Gasteiger partial charge in [0.05, 0.1) is 11.0 Å². The van der Waals surface area contributed by atoms with Gasteiger partial charge in [0, 0.05) is 56.0 Å². The van der Waals surface area contributed by atoms with Gasteiger partial charge in [0.1, 0.15) is 0 Å². The molecule has 3 heterocycles. The third kappa shape index (κ3) is 3.15. The smallest absolute Gasteiger partial charge is 0.269 e. The molecule has 7 nitrogen and oxygen atoms in total. The summed E-state index contributed by atoms with van der Waals surface area (Å²) in [7, 11) is 0. The van der Waals surface area contributed by atoms with Crippen LogP contribution in [-0.4, -0.2) is 39.1 Å². The van der Waals surface area contributed by atoms with Gasteiger partial charge in [-0.15, -0.1) is 0 Å². The van der Waals surface area contributed by atoms with Crippen molar-refractivity contribution in [2.24, 2.45) is 5.92 Å². The van der Waals surface area contributed by atoms with E-state index in [2.05, 4.69) is 4.90 Å². The summed E-state index contributed by atoms with van der Waals surface area (Å²) in [6.45, 7) is 2.88. The van der Waals surface area contributed by atoms with Crippen molar-refractivity contribution >= 4 is 5.69 Å². The average Bonchev–Trinajstić information content (AvgIpc) is 2.62. The van der Waals surface area contributed by atoms with E-state index in [9.17, 15) is 20.0 Å². The Morgan fingerprint density at radius 1 is 1.15 bits per heavy atom. The lowest BCUT2D eigenvalue weighted by Crippen LogP contribution is -2.48. The van der Waals surface area contributed by atoms with Gasteiger partial charge in [-0.25, -0.2) is 0 Å². The number of fused-ring (bicyclic) bond motifs is 4. The minimum atomic E-state index is -0.687. The number of hydrogen-bond donors (Lipinski definition) is 1. The maximum absolute atomic E-state index is 12.1. The van der Waals surface area contributed by atoms with Crippen LogP contribution < -0.4 is 5.56 Å². The summed E-state index contributed by atoms with van der Waals surface area (Å²) in [6, 6.07) is 11.5. The number of likely N-dealkylation sites (tertiary alicyclic amines) is 1. The molecule has 26 heavy (non-hydrogen) atoms. The van der Waals surface area contributed by atoms with Gasteiger partial charge >= 0.3 is 0 Å². The van der Waals surface area contributed by atoms with Gasteiger partial charge in [0.25, 0.3) is 11.2 Å². The highest BCUT2D eigenvalue weighted by Crippen LogP contribution is 2.35. The molecule has 1 aromatic carbocycles. The molecule has 2 bridgehead atoms. The standard InChI is InChI=1S/C19H21N3O4/c23-18(14-4-6-16(7-5-14)22(25)26)12-20-9-13-8-15(11-20)17-2-1-3-19(24)21(17)10-13/h1-7,13,15,18,23H,8-12H2/t13-,15+,18?/m1/s1. The zero-order valence-corrected chi connectivity index (χ0v) is 14.3. The second kappa shape index (κ2) is 6.66. The monoisotopic (exact) mass is 355 g/mol. The largest absolute Gasteiger partial charge is 0.387 e. The van der Waals surface area contributed by atoms with Crippen molar-refractivity contribution < 1.29 is 10.0 Å². The van der Waals surface area contributed by atoms with E-state index in [4.69, 9.17) is 0 Å². The summed E-state index contributed by atoms with van der Waals surface area (Å²) in [4.78, 5) is 24.6. The van der Waals surface area contributed by atoms with Crippen LogP contribution in [-0.2, 0) is 6.54 Å². The van der Waals surface area contributed by atoms with Crippen molar-refractivity contribution in [1.82, 2.24) is 9.47 Å². The molecule has 0 aliphatic carbocycles. The maximum Gasteiger partial charge on any atom is 0.269 e. The molecule has 2 aliphatic rings. The van der Waals surface area contributed by atoms with E-state index in [1.54, 1.807) is 18.2 Å². The highest BCUT2D eigenvalue weighted by molar-refractivity contribution is 5.33. The van der Waals surface area contributed by atoms with E-state index in [0.717, 1.165) is 31.7 Å². The third-order valence-electron chi connectivity index (χ3n) is 5.48. The number of pyridine rings is 1. The fraction of sp³-hybridized carbons (Fsp3) is 0.421. The molecule has 3 atom stereocenters. The number of aromatic nitrogens is 1. The van der Waals surface area contributed by atoms with Crippen molar-refractivity contribution in [3.8, 4) is 0 Å². The Morgan fingerprint density at radius 2 is 1.92 bits per heavy atom. The Labute approximate surface area is 150 Å². The number of aliphatic hydroxyl groups excluding tert-OH is 1. The normalized spacial score (nSPS) is 23.3. The van der Waals surface area contributed by atoms with Crippen LogP contribution in [0, 0.1) is 16.0 Å². The van der Waals surface area contributed by atoms with Crippen LogP contribution in [0.25, 0.3) is 0 Å². The highest BCUT2D eigenvalue weighted by Gasteiger charge is 2.35. The predicted molar refractivity (Wildman–Crippen MR) is 96.0 cm³/mol. The van der Waals surface area contributed by atoms with E-state index in [0.29, 0.717) is 23.9 Å². The van der Waals surface area contributed by atoms with Gasteiger partial charge in [-0.3, -0.25) is 19.8 Å². The van der Waals surface area contributed by atoms with Crippen LogP contribution >= 0.6 is 0 Å². The second-order valence-corrected chi connectivity index (χ2v) is 7.28. The van der Waals surface area contributed by atoms with Crippen LogP contribution in [0.5, 0.6) is 0 Å². The Bertz CT molecular complexity index is 877. The molecule has 1 N–H and O–H groups in total. The minimum Gasteiger partial charge on any atom is -0.387 e. The number of hydrogen-bond acceptors (Lipinski definition) is 5. The van der Waals surface area contributed by atoms with Crippen molar-refractivity contribution in [2.75, 3.05) is 19.6 Å². The van der Waals surface area contributed by atoms with Crippen LogP contribution in [0.1, 0.15) is 29.7 Å². The first kappa shape index (κ1) is 16.9. The summed E-state index contributed by atoms with van der Waals surface area (Å²) >= 11 is 0. The van der Waals surface area contributed by atoms with Gasteiger partial charge in [-0.1, -0.05) is 6.07 Å². The molecule has 2 aromatic rings. The molecule has 0 saturated carbocycles. The summed E-state index contributed by atoms with van der Waals surface area (Å²) in [5.74, 6) is 0.714. The number of benzene rings is 1. The molecule has 2 aliphatic heterocycles. The van der Waals surface area contributed by atoms with Crippen LogP contribution in [0.3, 0.4) is 0 Å². The Kier molecular flexibility index (Phi) is 4.34. The van der Waals surface area contributed by atoms with Crippen LogP contribution in [0.4, 0.5) is 5.69 Å². The quantitative estimate of drug-likeness (QED) is 0.668. The fourth-order valence-corrected chi connectivity index (χ4v) is 4.31. The Balaban J connectivity index is 1.47. The number of non-ortho nitro benzene ring substituents is 1. The van der Waals surface area contributed by atoms with Gasteiger partial charge in [-0.2, -0.15) is 0 Å². The molecule has 1 aromatic heterocycles. The Morgan fingerprint density at radius 3 is 2.65 bits per heavy atom. The number of nitro groups is 1. The molecule has 7 heteroatoms. The van der Waals surface area contributed by atoms with E-state index < -0.39 is 11.0 Å². The number of nitrogens with zero attached hydrogens (tertiary/aromatic N) is 3. The predicted octanol–water partition coefficient (Wildman–Crippen LogP) is 1.91. The van der Waals surface area contributed by atoms with Gasteiger partial charge in [-0.05, 0) is 36.1 Å². The van der Waals surface area contributed by atoms with Gasteiger partial charge < -0.3 is 9.67 Å². The lowest BCUT2D eigenvalue weighted by Gasteiger charge is -2.43. The maximum atomic E-state index is 12.1. The molecule has 4 rings (SSSR count). The molecule has 1 unspecified atom stereocenters. The van der Waals surface area contributed by atoms with E-state index in [1.807, 2.05) is 16.7 Å². The number of aliphatic hydroxyl groups is 1. The summed E-state index contributed by atoms with van der Waals surface area (Å²) < 4.78 is 1.89. The number of β-amino-alcohol motifs (C(OH)–C–C–N with tert-alkyl or cyclic N) is 1. The first-order valence-electron chi connectivity index (χ1n) is 8.86. The zero-order valence-electron chi connectivity index (χ0n) is 14.3. The first-order valence-corrected chi connectivity index (χ1v) is 8.86. The summed E-state index contributed by atoms with van der Waals surface area (Å²) in [5.41, 5.74) is 1.86. The number of nitro benzene ring substituents is 1. The lowest BCUT2D eigenvalue weighted by atomic mass is 9.83. The van der Waals surface area contributed by atoms with Crippen molar-refractivity contribution in [2.45, 2.75) is 25.0 Å². The Hall–Kier alpha value is -2.51. The summed E-state index contributed by atoms with van der Waals surface area (Å²) in [5, 5.41) is 21.3.